The first-order valence-corrected chi connectivity index (χ1v) is 10.0. The lowest BCUT2D eigenvalue weighted by atomic mass is 10.0. The number of furan rings is 1. The summed E-state index contributed by atoms with van der Waals surface area (Å²) in [5.41, 5.74) is 2.76. The average Bonchev–Trinajstić information content (AvgIpc) is 3.46. The van der Waals surface area contributed by atoms with E-state index in [0.29, 0.717) is 12.2 Å². The van der Waals surface area contributed by atoms with Crippen molar-refractivity contribution in [1.29, 1.82) is 0 Å². The van der Waals surface area contributed by atoms with Crippen LogP contribution in [0.3, 0.4) is 0 Å². The summed E-state index contributed by atoms with van der Waals surface area (Å²) in [6.07, 6.45) is 2.00. The van der Waals surface area contributed by atoms with Crippen molar-refractivity contribution in [1.82, 2.24) is 5.01 Å². The van der Waals surface area contributed by atoms with Gasteiger partial charge in [0.25, 0.3) is 5.91 Å². The third-order valence-corrected chi connectivity index (χ3v) is 4.93. The van der Waals surface area contributed by atoms with Gasteiger partial charge in [0.2, 0.25) is 0 Å². The minimum absolute atomic E-state index is 0.193. The van der Waals surface area contributed by atoms with E-state index >= 15 is 0 Å². The fraction of sp³-hybridized carbons (Fsp3) is 0.208. The van der Waals surface area contributed by atoms with Crippen LogP contribution in [-0.4, -0.2) is 35.8 Å². The maximum absolute atomic E-state index is 13.2. The SMILES string of the molecule is Cc1ccc(C2=NN(C(=O)COC(=O)COc3cccc(F)c3)C(c3ccco3)C2)cc1. The molecule has 1 unspecified atom stereocenters. The normalized spacial score (nSPS) is 15.4. The molecule has 0 saturated heterocycles. The van der Waals surface area contributed by atoms with Crippen molar-refractivity contribution in [3.8, 4) is 5.75 Å². The van der Waals surface area contributed by atoms with Gasteiger partial charge in [-0.25, -0.2) is 14.2 Å². The lowest BCUT2D eigenvalue weighted by Crippen LogP contribution is -2.32. The zero-order valence-electron chi connectivity index (χ0n) is 17.4. The van der Waals surface area contributed by atoms with E-state index in [-0.39, 0.29) is 5.75 Å². The van der Waals surface area contributed by atoms with Gasteiger partial charge in [0.1, 0.15) is 23.4 Å². The number of nitrogens with zero attached hydrogens (tertiary/aromatic N) is 2. The minimum Gasteiger partial charge on any atom is -0.482 e. The lowest BCUT2D eigenvalue weighted by molar-refractivity contribution is -0.154. The number of ether oxygens (including phenoxy) is 2. The van der Waals surface area contributed by atoms with E-state index in [4.69, 9.17) is 13.9 Å². The first kappa shape index (κ1) is 21.3. The van der Waals surface area contributed by atoms with E-state index in [0.717, 1.165) is 22.9 Å². The predicted octanol–water partition coefficient (Wildman–Crippen LogP) is 4.03. The highest BCUT2D eigenvalue weighted by molar-refractivity contribution is 6.03. The molecule has 8 heteroatoms. The molecule has 0 radical (unpaired) electrons. The van der Waals surface area contributed by atoms with Gasteiger partial charge < -0.3 is 13.9 Å². The third-order valence-electron chi connectivity index (χ3n) is 4.93. The van der Waals surface area contributed by atoms with E-state index in [1.165, 1.54) is 29.5 Å². The quantitative estimate of drug-likeness (QED) is 0.523. The van der Waals surface area contributed by atoms with E-state index in [1.54, 1.807) is 12.1 Å². The molecule has 0 saturated carbocycles. The standard InChI is InChI=1S/C24H21FN2O5/c1-16-7-9-17(10-8-16)20-13-21(22-6-3-11-30-22)27(26-20)23(28)14-32-24(29)15-31-19-5-2-4-18(25)12-19/h2-12,21H,13-15H2,1H3. The van der Waals surface area contributed by atoms with Crippen molar-refractivity contribution in [3.63, 3.8) is 0 Å². The molecule has 0 bridgehead atoms. The number of benzene rings is 2. The fourth-order valence-electron chi connectivity index (χ4n) is 3.31. The Balaban J connectivity index is 1.40. The van der Waals surface area contributed by atoms with Crippen LogP contribution in [0.4, 0.5) is 4.39 Å². The number of hydrogen-bond acceptors (Lipinski definition) is 6. The highest BCUT2D eigenvalue weighted by Crippen LogP contribution is 2.33. The Morgan fingerprint density at radius 1 is 1.12 bits per heavy atom. The molecule has 1 atom stereocenters. The Labute approximate surface area is 184 Å². The molecule has 1 amide bonds. The number of hydrogen-bond donors (Lipinski definition) is 0. The van der Waals surface area contributed by atoms with E-state index < -0.39 is 36.9 Å². The van der Waals surface area contributed by atoms with Gasteiger partial charge in [-0.05, 0) is 36.8 Å². The summed E-state index contributed by atoms with van der Waals surface area (Å²) in [4.78, 5) is 24.8. The van der Waals surface area contributed by atoms with Crippen molar-refractivity contribution in [2.45, 2.75) is 19.4 Å². The average molecular weight is 436 g/mol. The molecule has 1 aliphatic rings. The van der Waals surface area contributed by atoms with E-state index in [1.807, 2.05) is 31.2 Å². The van der Waals surface area contributed by atoms with Crippen molar-refractivity contribution in [3.05, 3.63) is 89.6 Å². The predicted molar refractivity (Wildman–Crippen MR) is 113 cm³/mol. The zero-order chi connectivity index (χ0) is 22.5. The minimum atomic E-state index is -0.751. The highest BCUT2D eigenvalue weighted by atomic mass is 19.1. The third kappa shape index (κ3) is 5.03. The molecule has 0 N–H and O–H groups in total. The zero-order valence-corrected chi connectivity index (χ0v) is 17.4. The van der Waals surface area contributed by atoms with Crippen molar-refractivity contribution >= 4 is 17.6 Å². The molecule has 2 aromatic carbocycles. The van der Waals surface area contributed by atoms with Gasteiger partial charge in [0, 0.05) is 12.5 Å². The van der Waals surface area contributed by atoms with Crippen LogP contribution in [-0.2, 0) is 14.3 Å². The van der Waals surface area contributed by atoms with Crippen molar-refractivity contribution in [2.24, 2.45) is 5.10 Å². The monoisotopic (exact) mass is 436 g/mol. The first-order chi connectivity index (χ1) is 15.5. The van der Waals surface area contributed by atoms with Gasteiger partial charge >= 0.3 is 5.97 Å². The molecule has 32 heavy (non-hydrogen) atoms. The molecular weight excluding hydrogens is 415 g/mol. The second-order valence-corrected chi connectivity index (χ2v) is 7.29. The first-order valence-electron chi connectivity index (χ1n) is 10.0. The summed E-state index contributed by atoms with van der Waals surface area (Å²) in [7, 11) is 0. The topological polar surface area (TPSA) is 81.3 Å². The summed E-state index contributed by atoms with van der Waals surface area (Å²) >= 11 is 0. The Kier molecular flexibility index (Phi) is 6.30. The summed E-state index contributed by atoms with van der Waals surface area (Å²) in [5, 5.41) is 5.77. The van der Waals surface area contributed by atoms with E-state index in [9.17, 15) is 14.0 Å². The number of amides is 1. The number of carbonyl (C=O) groups excluding carboxylic acids is 2. The van der Waals surface area contributed by atoms with Crippen LogP contribution >= 0.6 is 0 Å². The van der Waals surface area contributed by atoms with Crippen LogP contribution in [0.5, 0.6) is 5.75 Å². The van der Waals surface area contributed by atoms with Gasteiger partial charge in [0.15, 0.2) is 13.2 Å². The molecule has 0 spiro atoms. The summed E-state index contributed by atoms with van der Waals surface area (Å²) in [5.74, 6) is -0.944. The largest absolute Gasteiger partial charge is 0.482 e. The van der Waals surface area contributed by atoms with Crippen LogP contribution in [0.2, 0.25) is 0 Å². The molecular formula is C24H21FN2O5. The Bertz CT molecular complexity index is 1130. The van der Waals surface area contributed by atoms with Gasteiger partial charge in [-0.3, -0.25) is 4.79 Å². The highest BCUT2D eigenvalue weighted by Gasteiger charge is 2.35. The van der Waals surface area contributed by atoms with E-state index in [2.05, 4.69) is 5.10 Å². The summed E-state index contributed by atoms with van der Waals surface area (Å²) in [6, 6.07) is 16.3. The molecule has 7 nitrogen and oxygen atoms in total. The number of rotatable bonds is 7. The molecule has 3 aromatic rings. The number of esters is 1. The smallest absolute Gasteiger partial charge is 0.344 e. The molecule has 164 valence electrons. The van der Waals surface area contributed by atoms with Crippen molar-refractivity contribution in [2.75, 3.05) is 13.2 Å². The second-order valence-electron chi connectivity index (χ2n) is 7.29. The molecule has 2 heterocycles. The summed E-state index contributed by atoms with van der Waals surface area (Å²) < 4.78 is 28.9. The molecule has 1 aromatic heterocycles. The van der Waals surface area contributed by atoms with Crippen LogP contribution in [0.25, 0.3) is 0 Å². The molecule has 0 fully saturated rings. The van der Waals surface area contributed by atoms with Gasteiger partial charge in [0.05, 0.1) is 12.0 Å². The Morgan fingerprint density at radius 3 is 2.66 bits per heavy atom. The van der Waals surface area contributed by atoms with Gasteiger partial charge in [-0.2, -0.15) is 5.10 Å². The fourth-order valence-corrected chi connectivity index (χ4v) is 3.31. The molecule has 1 aliphatic heterocycles. The van der Waals surface area contributed by atoms with Gasteiger partial charge in [-0.1, -0.05) is 35.9 Å². The van der Waals surface area contributed by atoms with Crippen LogP contribution < -0.4 is 4.74 Å². The maximum atomic E-state index is 13.2. The number of hydrazone groups is 1. The van der Waals surface area contributed by atoms with Crippen LogP contribution in [0, 0.1) is 12.7 Å². The number of carbonyl (C=O) groups is 2. The van der Waals surface area contributed by atoms with Crippen LogP contribution in [0.15, 0.2) is 76.4 Å². The number of aryl methyl sites for hydroxylation is 1. The van der Waals surface area contributed by atoms with Crippen molar-refractivity contribution < 1.29 is 27.9 Å². The van der Waals surface area contributed by atoms with Crippen LogP contribution in [0.1, 0.15) is 29.3 Å². The molecule has 4 rings (SSSR count). The summed E-state index contributed by atoms with van der Waals surface area (Å²) in [6.45, 7) is 1.04. The molecule has 0 aliphatic carbocycles. The maximum Gasteiger partial charge on any atom is 0.344 e. The Morgan fingerprint density at radius 2 is 1.94 bits per heavy atom. The lowest BCUT2D eigenvalue weighted by Gasteiger charge is -2.19. The second kappa shape index (κ2) is 9.47. The number of halogens is 1. The van der Waals surface area contributed by atoms with Gasteiger partial charge in [-0.15, -0.1) is 0 Å². The Hall–Kier alpha value is -3.94.